The fourth-order valence-electron chi connectivity index (χ4n) is 2.04. The number of sulfonamides is 1. The van der Waals surface area contributed by atoms with E-state index in [-0.39, 0.29) is 10.7 Å². The monoisotopic (exact) mass is 295 g/mol. The van der Waals surface area contributed by atoms with E-state index < -0.39 is 10.0 Å². The molecule has 0 atom stereocenters. The third-order valence-corrected chi connectivity index (χ3v) is 4.64. The molecule has 0 aliphatic rings. The van der Waals surface area contributed by atoms with Gasteiger partial charge in [-0.25, -0.2) is 8.42 Å². The molecule has 0 aliphatic heterocycles. The lowest BCUT2D eigenvalue weighted by Gasteiger charge is -2.10. The predicted octanol–water partition coefficient (Wildman–Crippen LogP) is 2.24. The van der Waals surface area contributed by atoms with Crippen molar-refractivity contribution in [2.75, 3.05) is 10.5 Å². The number of nitrogens with zero attached hydrogens (tertiary/aromatic N) is 1. The molecule has 0 radical (unpaired) electrons. The molecule has 0 amide bonds. The predicted molar refractivity (Wildman–Crippen MR) is 77.0 cm³/mol. The number of hydrogen-bond donors (Lipinski definition) is 2. The van der Waals surface area contributed by atoms with E-state index in [9.17, 15) is 8.42 Å². The van der Waals surface area contributed by atoms with Crippen LogP contribution < -0.4 is 10.5 Å². The first-order valence-corrected chi connectivity index (χ1v) is 7.67. The number of nitrogens with two attached hydrogens (primary N) is 1. The van der Waals surface area contributed by atoms with Gasteiger partial charge in [0, 0.05) is 5.69 Å². The molecule has 0 aliphatic carbocycles. The van der Waals surface area contributed by atoms with E-state index in [4.69, 9.17) is 10.3 Å². The minimum atomic E-state index is -3.73. The zero-order chi connectivity index (χ0) is 14.9. The average Bonchev–Trinajstić information content (AvgIpc) is 2.69. The molecule has 7 heteroatoms. The molecule has 108 valence electrons. The summed E-state index contributed by atoms with van der Waals surface area (Å²) in [7, 11) is -3.73. The summed E-state index contributed by atoms with van der Waals surface area (Å²) in [5.41, 5.74) is 8.15. The van der Waals surface area contributed by atoms with Crippen LogP contribution in [0.15, 0.2) is 27.6 Å². The summed E-state index contributed by atoms with van der Waals surface area (Å²) in [6.07, 6.45) is 0.794. The van der Waals surface area contributed by atoms with Crippen LogP contribution >= 0.6 is 0 Å². The van der Waals surface area contributed by atoms with Crippen molar-refractivity contribution in [2.45, 2.75) is 32.1 Å². The lowest BCUT2D eigenvalue weighted by atomic mass is 10.1. The number of rotatable bonds is 4. The minimum Gasteiger partial charge on any atom is -0.398 e. The van der Waals surface area contributed by atoms with Crippen LogP contribution in [0.25, 0.3) is 0 Å². The van der Waals surface area contributed by atoms with Crippen molar-refractivity contribution in [3.63, 3.8) is 0 Å². The van der Waals surface area contributed by atoms with Crippen LogP contribution in [0.5, 0.6) is 0 Å². The molecule has 0 unspecified atom stereocenters. The van der Waals surface area contributed by atoms with Gasteiger partial charge in [-0.2, -0.15) is 0 Å². The average molecular weight is 295 g/mol. The van der Waals surface area contributed by atoms with Gasteiger partial charge in [0.05, 0.1) is 5.69 Å². The summed E-state index contributed by atoms with van der Waals surface area (Å²) < 4.78 is 32.0. The Hall–Kier alpha value is -2.02. The van der Waals surface area contributed by atoms with Crippen LogP contribution in [-0.4, -0.2) is 13.6 Å². The van der Waals surface area contributed by atoms with E-state index in [2.05, 4.69) is 9.88 Å². The Kier molecular flexibility index (Phi) is 3.71. The molecule has 2 rings (SSSR count). The molecular weight excluding hydrogens is 278 g/mol. The van der Waals surface area contributed by atoms with Gasteiger partial charge in [-0.05, 0) is 38.0 Å². The van der Waals surface area contributed by atoms with Crippen LogP contribution in [-0.2, 0) is 16.4 Å². The van der Waals surface area contributed by atoms with Crippen molar-refractivity contribution in [2.24, 2.45) is 0 Å². The maximum atomic E-state index is 12.3. The Morgan fingerprint density at radius 1 is 1.35 bits per heavy atom. The molecule has 0 fully saturated rings. The Bertz CT molecular complexity index is 716. The number of aryl methyl sites for hydroxylation is 3. The lowest BCUT2D eigenvalue weighted by Crippen LogP contribution is -2.14. The second-order valence-corrected chi connectivity index (χ2v) is 6.15. The Balaban J connectivity index is 2.36. The van der Waals surface area contributed by atoms with Crippen LogP contribution in [0.4, 0.5) is 11.4 Å². The van der Waals surface area contributed by atoms with Crippen molar-refractivity contribution in [3.05, 3.63) is 35.2 Å². The van der Waals surface area contributed by atoms with E-state index in [1.54, 1.807) is 32.0 Å². The van der Waals surface area contributed by atoms with Crippen molar-refractivity contribution < 1.29 is 12.9 Å². The van der Waals surface area contributed by atoms with Gasteiger partial charge in [0.25, 0.3) is 10.0 Å². The van der Waals surface area contributed by atoms with Crippen LogP contribution in [0.1, 0.15) is 23.9 Å². The fraction of sp³-hybridized carbons (Fsp3) is 0.308. The quantitative estimate of drug-likeness (QED) is 0.843. The number of hydrogen-bond acceptors (Lipinski definition) is 5. The van der Waals surface area contributed by atoms with E-state index in [0.717, 1.165) is 12.0 Å². The number of benzene rings is 1. The van der Waals surface area contributed by atoms with Crippen LogP contribution in [0.3, 0.4) is 0 Å². The van der Waals surface area contributed by atoms with Gasteiger partial charge in [-0.1, -0.05) is 18.1 Å². The molecule has 1 aromatic carbocycles. The lowest BCUT2D eigenvalue weighted by molar-refractivity contribution is 0.390. The molecular formula is C13H17N3O3S. The topological polar surface area (TPSA) is 98.2 Å². The Morgan fingerprint density at radius 2 is 2.05 bits per heavy atom. The van der Waals surface area contributed by atoms with Gasteiger partial charge in [0.2, 0.25) is 0 Å². The molecule has 1 aromatic heterocycles. The largest absolute Gasteiger partial charge is 0.398 e. The number of nitrogen functional groups attached to an aromatic ring is 1. The Labute approximate surface area is 118 Å². The summed E-state index contributed by atoms with van der Waals surface area (Å²) in [4.78, 5) is 0.0654. The summed E-state index contributed by atoms with van der Waals surface area (Å²) in [6, 6.07) is 5.10. The number of anilines is 2. The van der Waals surface area contributed by atoms with Gasteiger partial charge in [-0.15, -0.1) is 0 Å². The number of nitrogens with one attached hydrogen (secondary N) is 1. The van der Waals surface area contributed by atoms with Gasteiger partial charge >= 0.3 is 0 Å². The van der Waals surface area contributed by atoms with Gasteiger partial charge < -0.3 is 10.3 Å². The highest BCUT2D eigenvalue weighted by Crippen LogP contribution is 2.24. The van der Waals surface area contributed by atoms with E-state index >= 15 is 0 Å². The van der Waals surface area contributed by atoms with Crippen molar-refractivity contribution in [1.82, 2.24) is 5.16 Å². The molecule has 2 aromatic rings. The first kappa shape index (κ1) is 14.4. The number of aromatic nitrogens is 1. The highest BCUT2D eigenvalue weighted by Gasteiger charge is 2.24. The molecule has 1 heterocycles. The highest BCUT2D eigenvalue weighted by molar-refractivity contribution is 7.92. The van der Waals surface area contributed by atoms with E-state index in [1.165, 1.54) is 0 Å². The van der Waals surface area contributed by atoms with Crippen LogP contribution in [0.2, 0.25) is 0 Å². The summed E-state index contributed by atoms with van der Waals surface area (Å²) >= 11 is 0. The standard InChI is InChI=1S/C13H17N3O3S/c1-4-10-5-6-11(7-12(10)14)16-20(17,18)13-8(2)15-19-9(13)3/h5-7,16H,4,14H2,1-3H3. The highest BCUT2D eigenvalue weighted by atomic mass is 32.2. The smallest absolute Gasteiger partial charge is 0.267 e. The maximum Gasteiger partial charge on any atom is 0.267 e. The van der Waals surface area contributed by atoms with Gasteiger partial charge in [0.1, 0.15) is 5.69 Å². The molecule has 0 spiro atoms. The first-order chi connectivity index (χ1) is 9.35. The first-order valence-electron chi connectivity index (χ1n) is 6.19. The van der Waals surface area contributed by atoms with E-state index in [0.29, 0.717) is 17.1 Å². The zero-order valence-electron chi connectivity index (χ0n) is 11.6. The van der Waals surface area contributed by atoms with Gasteiger partial charge in [0.15, 0.2) is 10.7 Å². The Morgan fingerprint density at radius 3 is 2.55 bits per heavy atom. The summed E-state index contributed by atoms with van der Waals surface area (Å²) in [6.45, 7) is 5.13. The summed E-state index contributed by atoms with van der Waals surface area (Å²) in [5, 5.41) is 3.65. The van der Waals surface area contributed by atoms with Gasteiger partial charge in [-0.3, -0.25) is 4.72 Å². The third-order valence-electron chi connectivity index (χ3n) is 3.02. The molecule has 3 N–H and O–H groups in total. The zero-order valence-corrected chi connectivity index (χ0v) is 12.4. The van der Waals surface area contributed by atoms with Crippen molar-refractivity contribution in [1.29, 1.82) is 0 Å². The minimum absolute atomic E-state index is 0.0654. The second kappa shape index (κ2) is 5.16. The van der Waals surface area contributed by atoms with Crippen LogP contribution in [0, 0.1) is 13.8 Å². The molecule has 20 heavy (non-hydrogen) atoms. The normalized spacial score (nSPS) is 11.6. The molecule has 0 saturated heterocycles. The van der Waals surface area contributed by atoms with E-state index in [1.807, 2.05) is 6.92 Å². The van der Waals surface area contributed by atoms with Crippen molar-refractivity contribution >= 4 is 21.4 Å². The van der Waals surface area contributed by atoms with Crippen molar-refractivity contribution in [3.8, 4) is 0 Å². The summed E-state index contributed by atoms with van der Waals surface area (Å²) in [5.74, 6) is 0.258. The SMILES string of the molecule is CCc1ccc(NS(=O)(=O)c2c(C)noc2C)cc1N. The molecule has 6 nitrogen and oxygen atoms in total. The third kappa shape index (κ3) is 2.62. The second-order valence-electron chi connectivity index (χ2n) is 4.53. The molecule has 0 saturated carbocycles. The fourth-order valence-corrected chi connectivity index (χ4v) is 3.43. The maximum absolute atomic E-state index is 12.3. The molecule has 0 bridgehead atoms.